The normalized spacial score (nSPS) is 12.3. The molecule has 0 saturated heterocycles. The second kappa shape index (κ2) is 5.72. The number of rotatable bonds is 4. The fourth-order valence-electron chi connectivity index (χ4n) is 2.14. The third-order valence-corrected chi connectivity index (χ3v) is 2.99. The second-order valence-electron chi connectivity index (χ2n) is 5.12. The van der Waals surface area contributed by atoms with E-state index in [9.17, 15) is 4.79 Å². The summed E-state index contributed by atoms with van der Waals surface area (Å²) < 4.78 is 1.42. The van der Waals surface area contributed by atoms with Gasteiger partial charge in [-0.05, 0) is 30.5 Å². The van der Waals surface area contributed by atoms with Gasteiger partial charge >= 0.3 is 5.69 Å². The van der Waals surface area contributed by atoms with Crippen molar-refractivity contribution in [1.82, 2.24) is 14.8 Å². The van der Waals surface area contributed by atoms with Gasteiger partial charge in [0.1, 0.15) is 0 Å². The average molecular weight is 271 g/mol. The summed E-state index contributed by atoms with van der Waals surface area (Å²) in [4.78, 5) is 11.9. The predicted molar refractivity (Wildman–Crippen MR) is 75.3 cm³/mol. The molecule has 0 aliphatic rings. The quantitative estimate of drug-likeness (QED) is 0.879. The van der Waals surface area contributed by atoms with Crippen LogP contribution in [0, 0.1) is 17.2 Å². The highest BCUT2D eigenvalue weighted by molar-refractivity contribution is 5.41. The van der Waals surface area contributed by atoms with Crippen LogP contribution in [-0.2, 0) is 0 Å². The summed E-state index contributed by atoms with van der Waals surface area (Å²) in [6, 6.07) is 8.52. The molecule has 20 heavy (non-hydrogen) atoms. The molecule has 6 heteroatoms. The van der Waals surface area contributed by atoms with E-state index in [1.807, 2.05) is 0 Å². The molecule has 1 heterocycles. The summed E-state index contributed by atoms with van der Waals surface area (Å²) in [5.41, 5.74) is 6.84. The van der Waals surface area contributed by atoms with Crippen LogP contribution in [-0.4, -0.2) is 14.8 Å². The van der Waals surface area contributed by atoms with E-state index in [-0.39, 0.29) is 11.7 Å². The molecule has 1 atom stereocenters. The minimum Gasteiger partial charge on any atom is -0.321 e. The first-order valence-electron chi connectivity index (χ1n) is 6.46. The highest BCUT2D eigenvalue weighted by Crippen LogP contribution is 2.18. The summed E-state index contributed by atoms with van der Waals surface area (Å²) >= 11 is 0. The first kappa shape index (κ1) is 14.0. The third-order valence-electron chi connectivity index (χ3n) is 2.99. The minimum absolute atomic E-state index is 0.334. The van der Waals surface area contributed by atoms with Crippen LogP contribution in [0.3, 0.4) is 0 Å². The van der Waals surface area contributed by atoms with Gasteiger partial charge in [0.25, 0.3) is 0 Å². The molecular formula is C14H17N5O. The van der Waals surface area contributed by atoms with Gasteiger partial charge in [0.15, 0.2) is 5.82 Å². The summed E-state index contributed by atoms with van der Waals surface area (Å²) in [6.45, 7) is 4.12. The Morgan fingerprint density at radius 2 is 2.25 bits per heavy atom. The molecule has 0 saturated carbocycles. The van der Waals surface area contributed by atoms with E-state index in [0.717, 1.165) is 6.42 Å². The van der Waals surface area contributed by atoms with E-state index >= 15 is 0 Å². The molecule has 0 aliphatic heterocycles. The number of benzene rings is 1. The molecule has 104 valence electrons. The number of nitrogens with one attached hydrogen (secondary N) is 1. The maximum atomic E-state index is 11.9. The first-order chi connectivity index (χ1) is 9.52. The monoisotopic (exact) mass is 271 g/mol. The van der Waals surface area contributed by atoms with Gasteiger partial charge in [-0.15, -0.1) is 0 Å². The molecule has 0 spiro atoms. The number of aromatic nitrogens is 3. The van der Waals surface area contributed by atoms with Crippen LogP contribution in [0.5, 0.6) is 0 Å². The molecule has 1 aromatic carbocycles. The smallest absolute Gasteiger partial charge is 0.321 e. The largest absolute Gasteiger partial charge is 0.347 e. The molecule has 0 bridgehead atoms. The molecule has 2 aromatic rings. The first-order valence-corrected chi connectivity index (χ1v) is 6.46. The number of H-pyrrole nitrogens is 1. The Bertz CT molecular complexity index is 692. The minimum atomic E-state index is -0.353. The third kappa shape index (κ3) is 2.78. The van der Waals surface area contributed by atoms with Crippen molar-refractivity contribution in [3.8, 4) is 11.8 Å². The molecule has 1 aromatic heterocycles. The fraction of sp³-hybridized carbons (Fsp3) is 0.357. The maximum Gasteiger partial charge on any atom is 0.347 e. The number of nitrogens with zero attached hydrogens (tertiary/aromatic N) is 3. The van der Waals surface area contributed by atoms with Gasteiger partial charge in [0, 0.05) is 0 Å². The van der Waals surface area contributed by atoms with Crippen molar-refractivity contribution in [2.45, 2.75) is 26.3 Å². The van der Waals surface area contributed by atoms with Crippen LogP contribution >= 0.6 is 0 Å². The van der Waals surface area contributed by atoms with Gasteiger partial charge in [-0.1, -0.05) is 19.9 Å². The molecule has 3 N–H and O–H groups in total. The van der Waals surface area contributed by atoms with Gasteiger partial charge in [0.05, 0.1) is 23.4 Å². The molecular weight excluding hydrogens is 254 g/mol. The second-order valence-corrected chi connectivity index (χ2v) is 5.12. The van der Waals surface area contributed by atoms with Crippen LogP contribution in [0.25, 0.3) is 5.69 Å². The summed E-state index contributed by atoms with van der Waals surface area (Å²) in [7, 11) is 0. The van der Waals surface area contributed by atoms with E-state index in [1.165, 1.54) is 4.57 Å². The van der Waals surface area contributed by atoms with Crippen molar-refractivity contribution in [3.63, 3.8) is 0 Å². The lowest BCUT2D eigenvalue weighted by atomic mass is 10.0. The van der Waals surface area contributed by atoms with E-state index in [0.29, 0.717) is 23.0 Å². The number of hydrogen-bond donors (Lipinski definition) is 2. The summed E-state index contributed by atoms with van der Waals surface area (Å²) in [5, 5.41) is 15.4. The van der Waals surface area contributed by atoms with Crippen LogP contribution in [0.4, 0.5) is 0 Å². The Hall–Kier alpha value is -2.39. The number of nitrogens with two attached hydrogens (primary N) is 1. The Kier molecular flexibility index (Phi) is 4.01. The number of nitriles is 1. The van der Waals surface area contributed by atoms with Crippen LogP contribution in [0.2, 0.25) is 0 Å². The Labute approximate surface area is 116 Å². The highest BCUT2D eigenvalue weighted by Gasteiger charge is 2.18. The van der Waals surface area contributed by atoms with Crippen molar-refractivity contribution >= 4 is 0 Å². The molecule has 0 fully saturated rings. The van der Waals surface area contributed by atoms with E-state index in [1.54, 1.807) is 24.3 Å². The Morgan fingerprint density at radius 1 is 1.50 bits per heavy atom. The lowest BCUT2D eigenvalue weighted by molar-refractivity contribution is 0.487. The summed E-state index contributed by atoms with van der Waals surface area (Å²) in [6.07, 6.45) is 0.724. The van der Waals surface area contributed by atoms with Crippen LogP contribution in [0.15, 0.2) is 29.1 Å². The van der Waals surface area contributed by atoms with Gasteiger partial charge in [-0.2, -0.15) is 10.4 Å². The van der Waals surface area contributed by atoms with Gasteiger partial charge in [0.2, 0.25) is 0 Å². The zero-order chi connectivity index (χ0) is 14.7. The van der Waals surface area contributed by atoms with Crippen molar-refractivity contribution in [1.29, 1.82) is 5.26 Å². The molecule has 0 aliphatic carbocycles. The number of aromatic amines is 1. The zero-order valence-corrected chi connectivity index (χ0v) is 11.5. The molecule has 2 rings (SSSR count). The van der Waals surface area contributed by atoms with Crippen molar-refractivity contribution in [2.24, 2.45) is 11.7 Å². The SMILES string of the molecule is CC(C)C[C@H](N)c1n[nH]c(=O)n1-c1cccc(C#N)c1. The lowest BCUT2D eigenvalue weighted by Crippen LogP contribution is -2.23. The van der Waals surface area contributed by atoms with Gasteiger partial charge in [-0.3, -0.25) is 0 Å². The van der Waals surface area contributed by atoms with Crippen molar-refractivity contribution in [2.75, 3.05) is 0 Å². The average Bonchev–Trinajstić information content (AvgIpc) is 2.80. The molecule has 0 amide bonds. The van der Waals surface area contributed by atoms with Gasteiger partial charge < -0.3 is 5.73 Å². The molecule has 0 radical (unpaired) electrons. The van der Waals surface area contributed by atoms with Crippen molar-refractivity contribution < 1.29 is 0 Å². The Morgan fingerprint density at radius 3 is 2.90 bits per heavy atom. The van der Waals surface area contributed by atoms with E-state index < -0.39 is 0 Å². The van der Waals surface area contributed by atoms with Crippen LogP contribution < -0.4 is 11.4 Å². The van der Waals surface area contributed by atoms with Crippen LogP contribution in [0.1, 0.15) is 37.7 Å². The lowest BCUT2D eigenvalue weighted by Gasteiger charge is -2.14. The number of hydrogen-bond acceptors (Lipinski definition) is 4. The zero-order valence-electron chi connectivity index (χ0n) is 11.5. The molecule has 0 unspecified atom stereocenters. The molecule has 6 nitrogen and oxygen atoms in total. The predicted octanol–water partition coefficient (Wildman–Crippen LogP) is 1.48. The standard InChI is InChI=1S/C14H17N5O/c1-9(2)6-12(16)13-17-18-14(20)19(13)11-5-3-4-10(7-11)8-15/h3-5,7,9,12H,6,16H2,1-2H3,(H,18,20)/t12-/m0/s1. The fourth-order valence-corrected chi connectivity index (χ4v) is 2.14. The van der Waals surface area contributed by atoms with Crippen molar-refractivity contribution in [3.05, 3.63) is 46.1 Å². The van der Waals surface area contributed by atoms with E-state index in [2.05, 4.69) is 30.1 Å². The van der Waals surface area contributed by atoms with E-state index in [4.69, 9.17) is 11.0 Å². The maximum absolute atomic E-state index is 11.9. The highest BCUT2D eigenvalue weighted by atomic mass is 16.1. The topological polar surface area (TPSA) is 100 Å². The van der Waals surface area contributed by atoms with Gasteiger partial charge in [-0.25, -0.2) is 14.5 Å². The summed E-state index contributed by atoms with van der Waals surface area (Å²) in [5.74, 6) is 0.884. The Balaban J connectivity index is 2.49.